The summed E-state index contributed by atoms with van der Waals surface area (Å²) in [6.45, 7) is 13.5. The second-order valence-corrected chi connectivity index (χ2v) is 5.98. The summed E-state index contributed by atoms with van der Waals surface area (Å²) in [4.78, 5) is 2.32. The monoisotopic (exact) mass is 306 g/mol. The predicted molar refractivity (Wildman–Crippen MR) is 92.8 cm³/mol. The minimum absolute atomic E-state index is 0.506. The molecule has 0 heterocycles. The van der Waals surface area contributed by atoms with Crippen molar-refractivity contribution >= 4 is 0 Å². The standard InChI is InChI=1S/C18H30N2O2/c1-14(2)13-22-18-11-16(7-8-17(18)21-6)12-19-9-10-20(5)15(3)4/h7-8,11,15,19H,1,9-10,12-13H2,2-6H3. The van der Waals surface area contributed by atoms with Crippen LogP contribution >= 0.6 is 0 Å². The highest BCUT2D eigenvalue weighted by Gasteiger charge is 2.06. The zero-order chi connectivity index (χ0) is 16.5. The van der Waals surface area contributed by atoms with Crippen molar-refractivity contribution in [2.45, 2.75) is 33.4 Å². The first-order chi connectivity index (χ1) is 10.4. The topological polar surface area (TPSA) is 33.7 Å². The van der Waals surface area contributed by atoms with Crippen LogP contribution in [0.3, 0.4) is 0 Å². The first-order valence-corrected chi connectivity index (χ1v) is 7.79. The summed E-state index contributed by atoms with van der Waals surface area (Å²) in [5.74, 6) is 1.52. The molecule has 0 bridgehead atoms. The average Bonchev–Trinajstić information content (AvgIpc) is 2.49. The zero-order valence-electron chi connectivity index (χ0n) is 14.6. The predicted octanol–water partition coefficient (Wildman–Crippen LogP) is 3.08. The minimum Gasteiger partial charge on any atom is -0.493 e. The molecule has 1 aromatic carbocycles. The van der Waals surface area contributed by atoms with Crippen LogP contribution < -0.4 is 14.8 Å². The number of rotatable bonds is 10. The van der Waals surface area contributed by atoms with Gasteiger partial charge in [0, 0.05) is 25.7 Å². The van der Waals surface area contributed by atoms with Gasteiger partial charge in [-0.25, -0.2) is 0 Å². The van der Waals surface area contributed by atoms with Crippen molar-refractivity contribution < 1.29 is 9.47 Å². The summed E-state index contributed by atoms with van der Waals surface area (Å²) in [6.07, 6.45) is 0. The van der Waals surface area contributed by atoms with Gasteiger partial charge in [-0.15, -0.1) is 0 Å². The lowest BCUT2D eigenvalue weighted by Crippen LogP contribution is -2.33. The average molecular weight is 306 g/mol. The van der Waals surface area contributed by atoms with Crippen LogP contribution in [0.15, 0.2) is 30.4 Å². The smallest absolute Gasteiger partial charge is 0.161 e. The number of hydrogen-bond acceptors (Lipinski definition) is 4. The van der Waals surface area contributed by atoms with E-state index in [1.54, 1.807) is 7.11 Å². The molecule has 1 N–H and O–H groups in total. The van der Waals surface area contributed by atoms with E-state index in [2.05, 4.69) is 43.8 Å². The lowest BCUT2D eigenvalue weighted by atomic mass is 10.2. The van der Waals surface area contributed by atoms with Crippen molar-refractivity contribution in [3.63, 3.8) is 0 Å². The van der Waals surface area contributed by atoms with Gasteiger partial charge in [0.05, 0.1) is 7.11 Å². The summed E-state index contributed by atoms with van der Waals surface area (Å²) >= 11 is 0. The van der Waals surface area contributed by atoms with Crippen LogP contribution in [0, 0.1) is 0 Å². The van der Waals surface area contributed by atoms with E-state index in [-0.39, 0.29) is 0 Å². The van der Waals surface area contributed by atoms with E-state index < -0.39 is 0 Å². The molecule has 4 nitrogen and oxygen atoms in total. The van der Waals surface area contributed by atoms with Gasteiger partial charge in [0.2, 0.25) is 0 Å². The van der Waals surface area contributed by atoms with Gasteiger partial charge in [0.15, 0.2) is 11.5 Å². The number of nitrogens with zero attached hydrogens (tertiary/aromatic N) is 1. The van der Waals surface area contributed by atoms with E-state index in [1.165, 1.54) is 5.56 Å². The Morgan fingerprint density at radius 3 is 2.64 bits per heavy atom. The van der Waals surface area contributed by atoms with Crippen LogP contribution in [0.25, 0.3) is 0 Å². The molecule has 0 saturated carbocycles. The molecular weight excluding hydrogens is 276 g/mol. The Bertz CT molecular complexity index is 472. The van der Waals surface area contributed by atoms with Gasteiger partial charge < -0.3 is 19.7 Å². The summed E-state index contributed by atoms with van der Waals surface area (Å²) < 4.78 is 11.1. The highest BCUT2D eigenvalue weighted by atomic mass is 16.5. The molecule has 0 aliphatic rings. The lowest BCUT2D eigenvalue weighted by molar-refractivity contribution is 0.273. The van der Waals surface area contributed by atoms with E-state index in [0.717, 1.165) is 36.7 Å². The Morgan fingerprint density at radius 2 is 2.05 bits per heavy atom. The second-order valence-electron chi connectivity index (χ2n) is 5.98. The molecule has 0 aliphatic carbocycles. The Balaban J connectivity index is 2.53. The largest absolute Gasteiger partial charge is 0.493 e. The molecule has 0 aliphatic heterocycles. The van der Waals surface area contributed by atoms with Crippen molar-refractivity contribution in [2.24, 2.45) is 0 Å². The molecule has 0 atom stereocenters. The van der Waals surface area contributed by atoms with Crippen LogP contribution in [0.4, 0.5) is 0 Å². The van der Waals surface area contributed by atoms with Gasteiger partial charge in [-0.05, 0) is 51.1 Å². The Labute approximate surface area is 135 Å². The quantitative estimate of drug-likeness (QED) is 0.532. The van der Waals surface area contributed by atoms with Crippen LogP contribution in [0.1, 0.15) is 26.3 Å². The Kier molecular flexibility index (Phi) is 7.99. The van der Waals surface area contributed by atoms with E-state index in [1.807, 2.05) is 19.1 Å². The molecule has 22 heavy (non-hydrogen) atoms. The van der Waals surface area contributed by atoms with Gasteiger partial charge >= 0.3 is 0 Å². The number of hydrogen-bond donors (Lipinski definition) is 1. The van der Waals surface area contributed by atoms with E-state index >= 15 is 0 Å². The minimum atomic E-state index is 0.506. The summed E-state index contributed by atoms with van der Waals surface area (Å²) in [5.41, 5.74) is 2.17. The molecule has 124 valence electrons. The van der Waals surface area contributed by atoms with Crippen LogP contribution in [-0.2, 0) is 6.54 Å². The Hall–Kier alpha value is -1.52. The molecule has 1 aromatic rings. The maximum absolute atomic E-state index is 5.75. The number of likely N-dealkylation sites (N-methyl/N-ethyl adjacent to an activating group) is 1. The molecule has 0 aromatic heterocycles. The molecular formula is C18H30N2O2. The molecule has 0 spiro atoms. The molecule has 1 rings (SSSR count). The maximum atomic E-state index is 5.75. The third-order valence-electron chi connectivity index (χ3n) is 3.55. The zero-order valence-corrected chi connectivity index (χ0v) is 14.6. The number of nitrogens with one attached hydrogen (secondary N) is 1. The fourth-order valence-electron chi connectivity index (χ4n) is 1.89. The van der Waals surface area contributed by atoms with E-state index in [4.69, 9.17) is 9.47 Å². The van der Waals surface area contributed by atoms with Crippen molar-refractivity contribution in [1.29, 1.82) is 0 Å². The lowest BCUT2D eigenvalue weighted by Gasteiger charge is -2.21. The van der Waals surface area contributed by atoms with Crippen LogP contribution in [0.5, 0.6) is 11.5 Å². The van der Waals surface area contributed by atoms with Crippen LogP contribution in [-0.4, -0.2) is 44.8 Å². The van der Waals surface area contributed by atoms with Gasteiger partial charge in [-0.3, -0.25) is 0 Å². The molecule has 0 fully saturated rings. The maximum Gasteiger partial charge on any atom is 0.161 e. The number of methoxy groups -OCH3 is 1. The third kappa shape index (κ3) is 6.50. The van der Waals surface area contributed by atoms with Gasteiger partial charge in [-0.1, -0.05) is 12.6 Å². The number of ether oxygens (including phenoxy) is 2. The third-order valence-corrected chi connectivity index (χ3v) is 3.55. The first-order valence-electron chi connectivity index (χ1n) is 7.79. The van der Waals surface area contributed by atoms with Crippen LogP contribution in [0.2, 0.25) is 0 Å². The normalized spacial score (nSPS) is 11.0. The summed E-state index contributed by atoms with van der Waals surface area (Å²) in [6, 6.07) is 6.61. The fourth-order valence-corrected chi connectivity index (χ4v) is 1.89. The molecule has 0 saturated heterocycles. The molecule has 0 unspecified atom stereocenters. The highest BCUT2D eigenvalue weighted by Crippen LogP contribution is 2.28. The summed E-state index contributed by atoms with van der Waals surface area (Å²) in [5, 5.41) is 3.46. The van der Waals surface area contributed by atoms with Gasteiger partial charge in [-0.2, -0.15) is 0 Å². The van der Waals surface area contributed by atoms with Crippen molar-refractivity contribution in [2.75, 3.05) is 33.9 Å². The van der Waals surface area contributed by atoms with Crippen molar-refractivity contribution in [1.82, 2.24) is 10.2 Å². The highest BCUT2D eigenvalue weighted by molar-refractivity contribution is 5.43. The second kappa shape index (κ2) is 9.49. The molecule has 4 heteroatoms. The first kappa shape index (κ1) is 18.5. The van der Waals surface area contributed by atoms with Crippen molar-refractivity contribution in [3.05, 3.63) is 35.9 Å². The Morgan fingerprint density at radius 1 is 1.32 bits per heavy atom. The summed E-state index contributed by atoms with van der Waals surface area (Å²) in [7, 11) is 3.80. The van der Waals surface area contributed by atoms with Gasteiger partial charge in [0.25, 0.3) is 0 Å². The SMILES string of the molecule is C=C(C)COc1cc(CNCCN(C)C(C)C)ccc1OC. The van der Waals surface area contributed by atoms with Crippen molar-refractivity contribution in [3.8, 4) is 11.5 Å². The van der Waals surface area contributed by atoms with E-state index in [0.29, 0.717) is 12.6 Å². The molecule has 0 radical (unpaired) electrons. The fraction of sp³-hybridized carbons (Fsp3) is 0.556. The van der Waals surface area contributed by atoms with Gasteiger partial charge in [0.1, 0.15) is 6.61 Å². The molecule has 0 amide bonds. The number of benzene rings is 1. The van der Waals surface area contributed by atoms with E-state index in [9.17, 15) is 0 Å².